The van der Waals surface area contributed by atoms with E-state index in [1.54, 1.807) is 43.3 Å². The first-order valence-corrected chi connectivity index (χ1v) is 9.94. The minimum absolute atomic E-state index is 0.267. The van der Waals surface area contributed by atoms with E-state index in [1.807, 2.05) is 0 Å². The molecule has 2 N–H and O–H groups in total. The Morgan fingerprint density at radius 3 is 2.64 bits per heavy atom. The molecule has 0 aromatic heterocycles. The minimum Gasteiger partial charge on any atom is -0.496 e. The summed E-state index contributed by atoms with van der Waals surface area (Å²) in [4.78, 5) is 0. The molecule has 0 saturated heterocycles. The largest absolute Gasteiger partial charge is 0.496 e. The van der Waals surface area contributed by atoms with Gasteiger partial charge in [-0.05, 0) is 30.6 Å². The zero-order valence-electron chi connectivity index (χ0n) is 14.0. The van der Waals surface area contributed by atoms with Crippen LogP contribution in [-0.2, 0) is 10.1 Å². The van der Waals surface area contributed by atoms with Gasteiger partial charge in [0.05, 0.1) is 17.5 Å². The van der Waals surface area contributed by atoms with Crippen molar-refractivity contribution < 1.29 is 22.8 Å². The molecule has 1 aliphatic rings. The second kappa shape index (κ2) is 7.45. The zero-order valence-corrected chi connectivity index (χ0v) is 16.4. The molecule has 0 spiro atoms. The second-order valence-electron chi connectivity index (χ2n) is 5.97. The van der Waals surface area contributed by atoms with Crippen molar-refractivity contribution in [3.63, 3.8) is 0 Å². The molecule has 0 aliphatic heterocycles. The standard InChI is InChI=1S/C18H21BrO5S/c1-4-7-15(20)14-10-17(25(21,22)23)13(11-18(14,2)19)12-8-5-6-9-16(12)24-3/h4-6,8-11,15,17,20H,1,7H2,2-3H3,(H,21,22,23). The Bertz CT molecular complexity index is 824. The van der Waals surface area contributed by atoms with Gasteiger partial charge in [-0.25, -0.2) is 0 Å². The first-order valence-electron chi connectivity index (χ1n) is 7.64. The Morgan fingerprint density at radius 1 is 1.44 bits per heavy atom. The number of methoxy groups -OCH3 is 1. The van der Waals surface area contributed by atoms with Gasteiger partial charge in [0.15, 0.2) is 0 Å². The Labute approximate surface area is 156 Å². The summed E-state index contributed by atoms with van der Waals surface area (Å²) < 4.78 is 38.3. The Balaban J connectivity index is 2.66. The van der Waals surface area contributed by atoms with Crippen molar-refractivity contribution in [2.45, 2.75) is 29.0 Å². The van der Waals surface area contributed by atoms with Crippen LogP contribution in [0, 0.1) is 0 Å². The lowest BCUT2D eigenvalue weighted by molar-refractivity contribution is 0.208. The lowest BCUT2D eigenvalue weighted by Crippen LogP contribution is -2.34. The summed E-state index contributed by atoms with van der Waals surface area (Å²) in [5.74, 6) is 0.495. The third-order valence-electron chi connectivity index (χ3n) is 4.12. The number of hydrogen-bond donors (Lipinski definition) is 2. The highest BCUT2D eigenvalue weighted by molar-refractivity contribution is 9.10. The van der Waals surface area contributed by atoms with Crippen molar-refractivity contribution in [2.75, 3.05) is 7.11 Å². The Kier molecular flexibility index (Phi) is 5.93. The number of benzene rings is 1. The number of allylic oxidation sites excluding steroid dienone is 1. The number of alkyl halides is 1. The number of para-hydroxylation sites is 1. The van der Waals surface area contributed by atoms with Gasteiger partial charge in [0.2, 0.25) is 0 Å². The van der Waals surface area contributed by atoms with Gasteiger partial charge >= 0.3 is 0 Å². The van der Waals surface area contributed by atoms with Gasteiger partial charge in [-0.1, -0.05) is 52.4 Å². The molecule has 0 radical (unpaired) electrons. The predicted molar refractivity (Wildman–Crippen MR) is 103 cm³/mol. The van der Waals surface area contributed by atoms with Crippen LogP contribution < -0.4 is 4.74 Å². The van der Waals surface area contributed by atoms with Crippen LogP contribution >= 0.6 is 15.9 Å². The SMILES string of the molecule is C=CCC(O)C1=CC(S(=O)(=O)O)C(c2ccccc2OC)=CC1(C)Br. The molecule has 3 unspecified atom stereocenters. The molecular weight excluding hydrogens is 408 g/mol. The van der Waals surface area contributed by atoms with Crippen LogP contribution in [0.1, 0.15) is 18.9 Å². The molecule has 1 aromatic rings. The van der Waals surface area contributed by atoms with Crippen LogP contribution in [-0.4, -0.2) is 40.9 Å². The van der Waals surface area contributed by atoms with Crippen molar-refractivity contribution >= 4 is 31.6 Å². The monoisotopic (exact) mass is 428 g/mol. The van der Waals surface area contributed by atoms with E-state index in [-0.39, 0.29) is 6.42 Å². The molecule has 0 saturated carbocycles. The van der Waals surface area contributed by atoms with Crippen molar-refractivity contribution in [3.8, 4) is 5.75 Å². The van der Waals surface area contributed by atoms with Crippen LogP contribution in [0.25, 0.3) is 5.57 Å². The number of ether oxygens (including phenoxy) is 1. The normalized spacial score (nSPS) is 24.9. The fourth-order valence-corrected chi connectivity index (χ4v) is 4.43. The Morgan fingerprint density at radius 2 is 2.08 bits per heavy atom. The van der Waals surface area contributed by atoms with E-state index < -0.39 is 25.8 Å². The number of aliphatic hydroxyl groups excluding tert-OH is 1. The highest BCUT2D eigenvalue weighted by Crippen LogP contribution is 2.43. The molecule has 136 valence electrons. The maximum atomic E-state index is 12.0. The second-order valence-corrected chi connectivity index (χ2v) is 9.16. The summed E-state index contributed by atoms with van der Waals surface area (Å²) in [6, 6.07) is 6.98. The van der Waals surface area contributed by atoms with Crippen LogP contribution in [0.4, 0.5) is 0 Å². The highest BCUT2D eigenvalue weighted by atomic mass is 79.9. The summed E-state index contributed by atoms with van der Waals surface area (Å²) in [5, 5.41) is 9.05. The number of aliphatic hydroxyl groups is 1. The summed E-state index contributed by atoms with van der Waals surface area (Å²) >= 11 is 3.55. The average molecular weight is 429 g/mol. The van der Waals surface area contributed by atoms with Crippen molar-refractivity contribution in [3.05, 3.63) is 60.2 Å². The van der Waals surface area contributed by atoms with Crippen LogP contribution in [0.2, 0.25) is 0 Å². The van der Waals surface area contributed by atoms with Gasteiger partial charge in [-0.3, -0.25) is 4.55 Å². The molecule has 5 nitrogen and oxygen atoms in total. The third-order valence-corrected chi connectivity index (χ3v) is 5.83. The molecule has 7 heteroatoms. The first-order chi connectivity index (χ1) is 11.6. The predicted octanol–water partition coefficient (Wildman–Crippen LogP) is 3.37. The van der Waals surface area contributed by atoms with E-state index in [0.29, 0.717) is 22.5 Å². The van der Waals surface area contributed by atoms with Crippen molar-refractivity contribution in [1.29, 1.82) is 0 Å². The summed E-state index contributed by atoms with van der Waals surface area (Å²) in [6.45, 7) is 5.40. The van der Waals surface area contributed by atoms with Gasteiger partial charge in [-0.15, -0.1) is 6.58 Å². The molecule has 0 heterocycles. The first kappa shape index (κ1) is 19.9. The third kappa shape index (κ3) is 4.23. The topological polar surface area (TPSA) is 83.8 Å². The van der Waals surface area contributed by atoms with E-state index in [4.69, 9.17) is 4.74 Å². The molecule has 0 bridgehead atoms. The van der Waals surface area contributed by atoms with Gasteiger partial charge in [0.1, 0.15) is 11.0 Å². The number of halogens is 1. The number of rotatable bonds is 6. The number of hydrogen-bond acceptors (Lipinski definition) is 4. The van der Waals surface area contributed by atoms with Gasteiger partial charge in [-0.2, -0.15) is 8.42 Å². The fraction of sp³-hybridized carbons (Fsp3) is 0.333. The minimum atomic E-state index is -4.44. The summed E-state index contributed by atoms with van der Waals surface area (Å²) in [6.07, 6.45) is 3.98. The van der Waals surface area contributed by atoms with Crippen LogP contribution in [0.5, 0.6) is 5.75 Å². The molecule has 1 aromatic carbocycles. The summed E-state index contributed by atoms with van der Waals surface area (Å²) in [7, 11) is -2.94. The van der Waals surface area contributed by atoms with E-state index in [2.05, 4.69) is 22.5 Å². The van der Waals surface area contributed by atoms with E-state index in [1.165, 1.54) is 13.2 Å². The quantitative estimate of drug-likeness (QED) is 0.412. The maximum absolute atomic E-state index is 12.0. The molecule has 3 atom stereocenters. The van der Waals surface area contributed by atoms with E-state index >= 15 is 0 Å². The summed E-state index contributed by atoms with van der Waals surface area (Å²) in [5.41, 5.74) is 1.40. The molecule has 0 fully saturated rings. The van der Waals surface area contributed by atoms with Gasteiger partial charge in [0.25, 0.3) is 10.1 Å². The average Bonchev–Trinajstić information content (AvgIpc) is 2.52. The molecule has 25 heavy (non-hydrogen) atoms. The van der Waals surface area contributed by atoms with E-state index in [9.17, 15) is 18.1 Å². The molecule has 1 aliphatic carbocycles. The zero-order chi connectivity index (χ0) is 18.8. The van der Waals surface area contributed by atoms with Crippen LogP contribution in [0.3, 0.4) is 0 Å². The van der Waals surface area contributed by atoms with Crippen LogP contribution in [0.15, 0.2) is 54.6 Å². The lowest BCUT2D eigenvalue weighted by Gasteiger charge is -2.34. The molecule has 0 amide bonds. The van der Waals surface area contributed by atoms with Crippen molar-refractivity contribution in [1.82, 2.24) is 0 Å². The molecular formula is C18H21BrO5S. The lowest BCUT2D eigenvalue weighted by atomic mass is 9.83. The van der Waals surface area contributed by atoms with Gasteiger partial charge in [0, 0.05) is 5.56 Å². The Hall–Kier alpha value is -1.41. The van der Waals surface area contributed by atoms with E-state index in [0.717, 1.165) is 0 Å². The smallest absolute Gasteiger partial charge is 0.275 e. The van der Waals surface area contributed by atoms with Gasteiger partial charge < -0.3 is 9.84 Å². The fourth-order valence-electron chi connectivity index (χ4n) is 2.96. The molecule has 2 rings (SSSR count). The van der Waals surface area contributed by atoms with Crippen molar-refractivity contribution in [2.24, 2.45) is 0 Å². The maximum Gasteiger partial charge on any atom is 0.275 e. The highest BCUT2D eigenvalue weighted by Gasteiger charge is 2.39.